The Labute approximate surface area is 214 Å². The summed E-state index contributed by atoms with van der Waals surface area (Å²) in [7, 11) is 0. The first-order valence-corrected chi connectivity index (χ1v) is 13.6. The number of carbonyl (C=O) groups excluding carboxylic acids is 2. The molecule has 4 saturated carbocycles. The van der Waals surface area contributed by atoms with Gasteiger partial charge in [-0.05, 0) is 44.4 Å². The van der Waals surface area contributed by atoms with Crippen LogP contribution in [-0.2, 0) is 4.79 Å². The van der Waals surface area contributed by atoms with Crippen molar-refractivity contribution >= 4 is 40.4 Å². The second-order valence-corrected chi connectivity index (χ2v) is 12.3. The van der Waals surface area contributed by atoms with Crippen LogP contribution in [0.25, 0.3) is 0 Å². The number of amides is 2. The second-order valence-electron chi connectivity index (χ2n) is 10.7. The van der Waals surface area contributed by atoms with E-state index in [1.165, 1.54) is 24.2 Å². The number of alkyl halides is 1. The largest absolute Gasteiger partial charge is 0.376 e. The summed E-state index contributed by atoms with van der Waals surface area (Å²) in [6, 6.07) is 4.92. The van der Waals surface area contributed by atoms with Crippen LogP contribution in [0.5, 0.6) is 0 Å². The molecule has 35 heavy (non-hydrogen) atoms. The maximum absolute atomic E-state index is 13.9. The lowest BCUT2D eigenvalue weighted by Gasteiger charge is -2.65. The van der Waals surface area contributed by atoms with E-state index in [0.29, 0.717) is 41.5 Å². The van der Waals surface area contributed by atoms with E-state index >= 15 is 0 Å². The Morgan fingerprint density at radius 2 is 1.97 bits per heavy atom. The van der Waals surface area contributed by atoms with Gasteiger partial charge < -0.3 is 16.0 Å². The molecule has 188 valence electrons. The Hall–Kier alpha value is -2.19. The Morgan fingerprint density at radius 3 is 2.66 bits per heavy atom. The maximum Gasteiger partial charge on any atom is 0.262 e. The average molecular weight is 519 g/mol. The van der Waals surface area contributed by atoms with Gasteiger partial charge in [-0.2, -0.15) is 0 Å². The minimum atomic E-state index is -1.07. The summed E-state index contributed by atoms with van der Waals surface area (Å²) >= 11 is 7.49. The molecule has 0 aromatic carbocycles. The van der Waals surface area contributed by atoms with E-state index in [2.05, 4.69) is 20.9 Å². The molecule has 3 N–H and O–H groups in total. The Balaban J connectivity index is 1.23. The number of rotatable bonds is 9. The Morgan fingerprint density at radius 1 is 1.26 bits per heavy atom. The van der Waals surface area contributed by atoms with Crippen molar-refractivity contribution in [2.75, 3.05) is 5.32 Å². The third kappa shape index (κ3) is 5.19. The predicted octanol–water partition coefficient (Wildman–Crippen LogP) is 5.72. The molecule has 0 spiro atoms. The van der Waals surface area contributed by atoms with E-state index in [9.17, 15) is 14.0 Å². The molecule has 0 aliphatic heterocycles. The zero-order chi connectivity index (χ0) is 24.8. The van der Waals surface area contributed by atoms with Gasteiger partial charge in [-0.3, -0.25) is 14.6 Å². The van der Waals surface area contributed by atoms with Crippen LogP contribution in [0.1, 0.15) is 84.6 Å². The van der Waals surface area contributed by atoms with Crippen molar-refractivity contribution in [2.24, 2.45) is 5.92 Å². The van der Waals surface area contributed by atoms with E-state index in [-0.39, 0.29) is 17.9 Å². The van der Waals surface area contributed by atoms with E-state index < -0.39 is 17.2 Å². The molecule has 2 unspecified atom stereocenters. The zero-order valence-corrected chi connectivity index (χ0v) is 21.7. The molecular formula is C26H32ClFN4O2S. The number of aromatic nitrogens is 1. The topological polar surface area (TPSA) is 83.1 Å². The highest BCUT2D eigenvalue weighted by molar-refractivity contribution is 7.14. The summed E-state index contributed by atoms with van der Waals surface area (Å²) in [5.41, 5.74) is 0.227. The molecule has 2 amide bonds. The number of hydrogen-bond donors (Lipinski definition) is 3. The van der Waals surface area contributed by atoms with Gasteiger partial charge >= 0.3 is 0 Å². The first-order chi connectivity index (χ1) is 16.6. The zero-order valence-electron chi connectivity index (χ0n) is 20.1. The van der Waals surface area contributed by atoms with E-state index in [1.54, 1.807) is 12.3 Å². The van der Waals surface area contributed by atoms with Crippen LogP contribution in [0.15, 0.2) is 24.4 Å². The fraction of sp³-hybridized carbons (Fsp3) is 0.577. The summed E-state index contributed by atoms with van der Waals surface area (Å²) in [4.78, 5) is 32.1. The highest BCUT2D eigenvalue weighted by Gasteiger charge is 2.70. The molecule has 6 nitrogen and oxygen atoms in total. The van der Waals surface area contributed by atoms with Crippen molar-refractivity contribution in [1.29, 1.82) is 0 Å². The molecule has 4 aliphatic carbocycles. The smallest absolute Gasteiger partial charge is 0.262 e. The quantitative estimate of drug-likeness (QED) is 0.396. The summed E-state index contributed by atoms with van der Waals surface area (Å²) < 4.78 is 13.9. The van der Waals surface area contributed by atoms with Crippen molar-refractivity contribution in [3.63, 3.8) is 0 Å². The standard InChI is InChI=1S/C26H32ClFN4O2S/c1-15-19(10-18(27)11-29-15)30-16(2)21-7-8-22(35-21)24(34)31-20(9-17-5-3-4-6-17)23(33)32-26-12-25(28,13-26)14-26/h7-8,10-11,16-17,20,30H,3-6,9,12-14H2,1-2H3,(H,31,34)(H,32,33). The summed E-state index contributed by atoms with van der Waals surface area (Å²) in [5, 5.41) is 10.0. The van der Waals surface area contributed by atoms with Gasteiger partial charge in [-0.15, -0.1) is 11.3 Å². The monoisotopic (exact) mass is 518 g/mol. The van der Waals surface area contributed by atoms with Gasteiger partial charge in [-0.1, -0.05) is 37.3 Å². The Kier molecular flexibility index (Phi) is 6.55. The second kappa shape index (κ2) is 9.36. The van der Waals surface area contributed by atoms with Gasteiger partial charge in [0.05, 0.1) is 27.3 Å². The first-order valence-electron chi connectivity index (χ1n) is 12.4. The van der Waals surface area contributed by atoms with E-state index in [1.807, 2.05) is 26.0 Å². The van der Waals surface area contributed by atoms with Gasteiger partial charge in [0, 0.05) is 35.9 Å². The van der Waals surface area contributed by atoms with Crippen molar-refractivity contribution in [3.8, 4) is 0 Å². The van der Waals surface area contributed by atoms with Crippen LogP contribution in [0.4, 0.5) is 10.1 Å². The lowest BCUT2D eigenvalue weighted by atomic mass is 9.47. The van der Waals surface area contributed by atoms with Gasteiger partial charge in [0.25, 0.3) is 5.91 Å². The lowest BCUT2D eigenvalue weighted by Crippen LogP contribution is -2.77. The molecule has 2 atom stereocenters. The van der Waals surface area contributed by atoms with Crippen molar-refractivity contribution < 1.29 is 14.0 Å². The molecule has 4 aliphatic rings. The lowest BCUT2D eigenvalue weighted by molar-refractivity contribution is -0.176. The molecule has 4 fully saturated rings. The predicted molar refractivity (Wildman–Crippen MR) is 137 cm³/mol. The van der Waals surface area contributed by atoms with Gasteiger partial charge in [0.1, 0.15) is 11.7 Å². The fourth-order valence-corrected chi connectivity index (χ4v) is 6.92. The average Bonchev–Trinajstić information content (AvgIpc) is 3.46. The molecule has 9 heteroatoms. The van der Waals surface area contributed by atoms with Crippen molar-refractivity contribution in [3.05, 3.63) is 44.9 Å². The molecule has 0 saturated heterocycles. The highest BCUT2D eigenvalue weighted by Crippen LogP contribution is 2.62. The van der Waals surface area contributed by atoms with Gasteiger partial charge in [0.2, 0.25) is 5.91 Å². The molecule has 6 rings (SSSR count). The van der Waals surface area contributed by atoms with Crippen LogP contribution < -0.4 is 16.0 Å². The van der Waals surface area contributed by atoms with Crippen molar-refractivity contribution in [1.82, 2.24) is 15.6 Å². The third-order valence-electron chi connectivity index (χ3n) is 7.72. The molecule has 2 aromatic rings. The van der Waals surface area contributed by atoms with E-state index in [4.69, 9.17) is 11.6 Å². The van der Waals surface area contributed by atoms with Crippen LogP contribution in [-0.4, -0.2) is 34.0 Å². The molecule has 2 bridgehead atoms. The first kappa shape index (κ1) is 24.5. The third-order valence-corrected chi connectivity index (χ3v) is 9.20. The number of nitrogens with one attached hydrogen (secondary N) is 3. The van der Waals surface area contributed by atoms with Gasteiger partial charge in [-0.25, -0.2) is 4.39 Å². The Bertz CT molecular complexity index is 1110. The maximum atomic E-state index is 13.9. The van der Waals surface area contributed by atoms with Crippen LogP contribution in [0.2, 0.25) is 5.02 Å². The van der Waals surface area contributed by atoms with Crippen molar-refractivity contribution in [2.45, 2.75) is 88.5 Å². The molecular weight excluding hydrogens is 487 g/mol. The minimum absolute atomic E-state index is 0.0459. The fourth-order valence-electron chi connectivity index (χ4n) is 5.85. The number of hydrogen-bond acceptors (Lipinski definition) is 5. The number of nitrogens with zero attached hydrogens (tertiary/aromatic N) is 1. The SMILES string of the molecule is Cc1ncc(Cl)cc1NC(C)c1ccc(C(=O)NC(CC2CCCC2)C(=O)NC23CC(F)(C2)C3)s1. The molecule has 2 aromatic heterocycles. The number of pyridine rings is 1. The summed E-state index contributed by atoms with van der Waals surface area (Å²) in [5.74, 6) is 0.0127. The molecule has 0 radical (unpaired) electrons. The van der Waals surface area contributed by atoms with Crippen LogP contribution in [0.3, 0.4) is 0 Å². The normalized spacial score (nSPS) is 26.9. The van der Waals surface area contributed by atoms with Gasteiger partial charge in [0.15, 0.2) is 0 Å². The van der Waals surface area contributed by atoms with Crippen LogP contribution >= 0.6 is 22.9 Å². The number of halogens is 2. The number of thiophene rings is 1. The minimum Gasteiger partial charge on any atom is -0.376 e. The number of anilines is 1. The summed E-state index contributed by atoms with van der Waals surface area (Å²) in [6.07, 6.45) is 7.95. The number of aryl methyl sites for hydroxylation is 1. The van der Waals surface area contributed by atoms with Crippen LogP contribution in [0, 0.1) is 12.8 Å². The highest BCUT2D eigenvalue weighted by atomic mass is 35.5. The summed E-state index contributed by atoms with van der Waals surface area (Å²) in [6.45, 7) is 3.93. The molecule has 2 heterocycles. The number of carbonyl (C=O) groups is 2. The van der Waals surface area contributed by atoms with E-state index in [0.717, 1.165) is 29.1 Å².